The van der Waals surface area contributed by atoms with Crippen molar-refractivity contribution in [3.63, 3.8) is 0 Å². The lowest BCUT2D eigenvalue weighted by atomic mass is 10.2. The predicted molar refractivity (Wildman–Crippen MR) is 138 cm³/mol. The zero-order valence-corrected chi connectivity index (χ0v) is 20.0. The topological polar surface area (TPSA) is 109 Å². The molecule has 1 aliphatic heterocycles. The van der Waals surface area contributed by atoms with E-state index in [-0.39, 0.29) is 11.6 Å². The van der Waals surface area contributed by atoms with Crippen LogP contribution < -0.4 is 10.2 Å². The summed E-state index contributed by atoms with van der Waals surface area (Å²) >= 11 is 0. The maximum Gasteiger partial charge on any atom is 0.269 e. The second kappa shape index (κ2) is 10.1. The van der Waals surface area contributed by atoms with Crippen LogP contribution in [-0.2, 0) is 13.5 Å². The number of rotatable bonds is 7. The lowest BCUT2D eigenvalue weighted by molar-refractivity contribution is -0.384. The van der Waals surface area contributed by atoms with Gasteiger partial charge in [-0.15, -0.1) is 0 Å². The van der Waals surface area contributed by atoms with Crippen LogP contribution >= 0.6 is 0 Å². The van der Waals surface area contributed by atoms with Gasteiger partial charge in [0.05, 0.1) is 16.0 Å². The third-order valence-corrected chi connectivity index (χ3v) is 6.57. The predicted octanol–water partition coefficient (Wildman–Crippen LogP) is 3.49. The molecular weight excluding hydrogens is 458 g/mol. The minimum absolute atomic E-state index is 0.0518. The summed E-state index contributed by atoms with van der Waals surface area (Å²) in [4.78, 5) is 36.9. The van der Waals surface area contributed by atoms with Crippen molar-refractivity contribution in [2.45, 2.75) is 6.42 Å². The second-order valence-electron chi connectivity index (χ2n) is 8.82. The molecule has 10 heteroatoms. The Hall–Kier alpha value is -4.31. The number of pyridine rings is 1. The van der Waals surface area contributed by atoms with E-state index in [1.54, 1.807) is 0 Å². The zero-order valence-electron chi connectivity index (χ0n) is 20.0. The average molecular weight is 486 g/mol. The molecule has 1 amide bonds. The Balaban J connectivity index is 1.20. The number of anilines is 2. The van der Waals surface area contributed by atoms with E-state index in [9.17, 15) is 14.9 Å². The third kappa shape index (κ3) is 5.03. The maximum absolute atomic E-state index is 12.6. The first-order chi connectivity index (χ1) is 17.5. The highest BCUT2D eigenvalue weighted by molar-refractivity contribution is 6.05. The van der Waals surface area contributed by atoms with Gasteiger partial charge in [0.25, 0.3) is 11.6 Å². The molecule has 1 aliphatic rings. The molecule has 1 saturated heterocycles. The number of aromatic nitrogens is 3. The van der Waals surface area contributed by atoms with Crippen molar-refractivity contribution in [3.05, 3.63) is 88.4 Å². The molecule has 0 aliphatic carbocycles. The van der Waals surface area contributed by atoms with Crippen LogP contribution in [0.1, 0.15) is 16.2 Å². The van der Waals surface area contributed by atoms with E-state index in [0.29, 0.717) is 11.3 Å². The highest BCUT2D eigenvalue weighted by Gasteiger charge is 2.19. The standard InChI is InChI=1S/C26H27N7O3/c1-30-23-10-7-20(28-26(34)19-5-8-21(9-6-19)33(35)36)18-22(23)29-25(30)11-13-31-14-16-32(17-15-31)24-4-2-3-12-27-24/h2-10,12,18H,11,13-17H2,1H3,(H,28,34). The monoisotopic (exact) mass is 485 g/mol. The molecular formula is C26H27N7O3. The number of carbonyl (C=O) groups is 1. The number of nitro groups is 1. The molecule has 10 nitrogen and oxygen atoms in total. The summed E-state index contributed by atoms with van der Waals surface area (Å²) in [5.74, 6) is 1.70. The van der Waals surface area contributed by atoms with Crippen molar-refractivity contribution in [2.24, 2.45) is 7.05 Å². The van der Waals surface area contributed by atoms with Gasteiger partial charge in [0.2, 0.25) is 0 Å². The van der Waals surface area contributed by atoms with Crippen LogP contribution in [0.2, 0.25) is 0 Å². The van der Waals surface area contributed by atoms with Crippen LogP contribution in [0.5, 0.6) is 0 Å². The number of hydrogen-bond acceptors (Lipinski definition) is 7. The fraction of sp³-hybridized carbons (Fsp3) is 0.269. The van der Waals surface area contributed by atoms with Gasteiger partial charge in [-0.3, -0.25) is 19.8 Å². The molecule has 0 unspecified atom stereocenters. The quantitative estimate of drug-likeness (QED) is 0.315. The number of fused-ring (bicyclic) bond motifs is 1. The number of piperazine rings is 1. The Labute approximate surface area is 208 Å². The van der Waals surface area contributed by atoms with E-state index in [1.165, 1.54) is 24.3 Å². The van der Waals surface area contributed by atoms with Crippen molar-refractivity contribution >= 4 is 34.1 Å². The molecule has 1 N–H and O–H groups in total. The van der Waals surface area contributed by atoms with Crippen LogP contribution in [-0.4, -0.2) is 63.0 Å². The van der Waals surface area contributed by atoms with Crippen LogP contribution in [0.25, 0.3) is 11.0 Å². The Kier molecular flexibility index (Phi) is 6.59. The van der Waals surface area contributed by atoms with E-state index in [2.05, 4.69) is 30.7 Å². The van der Waals surface area contributed by atoms with Crippen LogP contribution in [0.4, 0.5) is 17.2 Å². The number of nitrogens with zero attached hydrogens (tertiary/aromatic N) is 6. The fourth-order valence-corrected chi connectivity index (χ4v) is 4.49. The van der Waals surface area contributed by atoms with Gasteiger partial charge in [-0.1, -0.05) is 6.07 Å². The van der Waals surface area contributed by atoms with Crippen LogP contribution in [0, 0.1) is 10.1 Å². The maximum atomic E-state index is 12.6. The molecule has 2 aromatic heterocycles. The smallest absolute Gasteiger partial charge is 0.269 e. The summed E-state index contributed by atoms with van der Waals surface area (Å²) in [6.07, 6.45) is 2.67. The molecule has 3 heterocycles. The summed E-state index contributed by atoms with van der Waals surface area (Å²) in [6, 6.07) is 17.2. The minimum Gasteiger partial charge on any atom is -0.354 e. The van der Waals surface area contributed by atoms with Crippen molar-refractivity contribution in [1.82, 2.24) is 19.4 Å². The number of nitro benzene ring substituents is 1. The highest BCUT2D eigenvalue weighted by atomic mass is 16.6. The van der Waals surface area contributed by atoms with E-state index in [0.717, 1.165) is 61.8 Å². The van der Waals surface area contributed by atoms with E-state index in [1.807, 2.05) is 43.6 Å². The van der Waals surface area contributed by atoms with Gasteiger partial charge >= 0.3 is 0 Å². The molecule has 1 fully saturated rings. The molecule has 0 saturated carbocycles. The first kappa shape index (κ1) is 23.4. The van der Waals surface area contributed by atoms with Crippen molar-refractivity contribution in [1.29, 1.82) is 0 Å². The lowest BCUT2D eigenvalue weighted by Crippen LogP contribution is -2.47. The third-order valence-electron chi connectivity index (χ3n) is 6.57. The summed E-state index contributed by atoms with van der Waals surface area (Å²) in [6.45, 7) is 4.81. The molecule has 0 spiro atoms. The van der Waals surface area contributed by atoms with Crippen LogP contribution in [0.15, 0.2) is 66.9 Å². The normalized spacial score (nSPS) is 14.2. The molecule has 5 rings (SSSR count). The zero-order chi connectivity index (χ0) is 25.1. The largest absolute Gasteiger partial charge is 0.354 e. The van der Waals surface area contributed by atoms with Crippen molar-refractivity contribution in [2.75, 3.05) is 42.9 Å². The lowest BCUT2D eigenvalue weighted by Gasteiger charge is -2.35. The number of hydrogen-bond donors (Lipinski definition) is 1. The summed E-state index contributed by atoms with van der Waals surface area (Å²) in [5.41, 5.74) is 2.74. The number of benzene rings is 2. The molecule has 0 bridgehead atoms. The summed E-state index contributed by atoms with van der Waals surface area (Å²) in [5, 5.41) is 13.7. The van der Waals surface area contributed by atoms with Crippen molar-refractivity contribution in [3.8, 4) is 0 Å². The minimum atomic E-state index is -0.490. The molecule has 0 radical (unpaired) electrons. The fourth-order valence-electron chi connectivity index (χ4n) is 4.49. The van der Waals surface area contributed by atoms with E-state index in [4.69, 9.17) is 4.98 Å². The number of amides is 1. The van der Waals surface area contributed by atoms with E-state index >= 15 is 0 Å². The van der Waals surface area contributed by atoms with Gasteiger partial charge in [0.15, 0.2) is 0 Å². The molecule has 2 aromatic carbocycles. The van der Waals surface area contributed by atoms with Gasteiger partial charge in [0, 0.05) is 75.8 Å². The SMILES string of the molecule is Cn1c(CCN2CCN(c3ccccn3)CC2)nc2cc(NC(=O)c3ccc([N+](=O)[O-])cc3)ccc21. The molecule has 184 valence electrons. The first-order valence-electron chi connectivity index (χ1n) is 11.9. The average Bonchev–Trinajstić information content (AvgIpc) is 3.22. The van der Waals surface area contributed by atoms with Gasteiger partial charge in [-0.25, -0.2) is 9.97 Å². The van der Waals surface area contributed by atoms with Gasteiger partial charge < -0.3 is 14.8 Å². The Morgan fingerprint density at radius 3 is 2.53 bits per heavy atom. The Morgan fingerprint density at radius 2 is 1.83 bits per heavy atom. The summed E-state index contributed by atoms with van der Waals surface area (Å²) in [7, 11) is 2.01. The summed E-state index contributed by atoms with van der Waals surface area (Å²) < 4.78 is 2.10. The highest BCUT2D eigenvalue weighted by Crippen LogP contribution is 2.22. The number of aryl methyl sites for hydroxylation is 1. The number of imidazole rings is 1. The van der Waals surface area contributed by atoms with Gasteiger partial charge in [0.1, 0.15) is 11.6 Å². The van der Waals surface area contributed by atoms with E-state index < -0.39 is 4.92 Å². The van der Waals surface area contributed by atoms with Gasteiger partial charge in [-0.2, -0.15) is 0 Å². The second-order valence-corrected chi connectivity index (χ2v) is 8.82. The Bertz CT molecular complexity index is 1380. The van der Waals surface area contributed by atoms with Crippen molar-refractivity contribution < 1.29 is 9.72 Å². The Morgan fingerprint density at radius 1 is 1.06 bits per heavy atom. The number of nitrogens with one attached hydrogen (secondary N) is 1. The van der Waals surface area contributed by atoms with Gasteiger partial charge in [-0.05, 0) is 42.5 Å². The molecule has 36 heavy (non-hydrogen) atoms. The number of non-ortho nitro benzene ring substituents is 1. The van der Waals surface area contributed by atoms with Crippen LogP contribution in [0.3, 0.4) is 0 Å². The first-order valence-corrected chi connectivity index (χ1v) is 11.9. The molecule has 4 aromatic rings. The number of carbonyl (C=O) groups excluding carboxylic acids is 1. The molecule has 0 atom stereocenters.